The first kappa shape index (κ1) is 12.4. The summed E-state index contributed by atoms with van der Waals surface area (Å²) in [5.74, 6) is 0. The van der Waals surface area contributed by atoms with Crippen LogP contribution >= 0.6 is 11.8 Å². The Morgan fingerprint density at radius 2 is 1.93 bits per heavy atom. The summed E-state index contributed by atoms with van der Waals surface area (Å²) in [4.78, 5) is 1.31. The molecule has 0 saturated carbocycles. The number of hydrogen-bond acceptors (Lipinski definition) is 2. The highest BCUT2D eigenvalue weighted by Gasteiger charge is 2.19. The standard InChI is InChI=1S/C13H21NS/c1-10(13(2,3)4)14-11-7-6-8-12(9-11)15-5/h6-10,14H,1-5H3. The summed E-state index contributed by atoms with van der Waals surface area (Å²) < 4.78 is 0. The van der Waals surface area contributed by atoms with Crippen LogP contribution in [0.2, 0.25) is 0 Å². The number of thioether (sulfide) groups is 1. The number of nitrogens with one attached hydrogen (secondary N) is 1. The summed E-state index contributed by atoms with van der Waals surface area (Å²) in [5, 5.41) is 3.54. The Morgan fingerprint density at radius 1 is 1.27 bits per heavy atom. The zero-order valence-electron chi connectivity index (χ0n) is 10.3. The molecule has 1 aromatic rings. The summed E-state index contributed by atoms with van der Waals surface area (Å²) in [6.45, 7) is 8.99. The Kier molecular flexibility index (Phi) is 4.09. The summed E-state index contributed by atoms with van der Waals surface area (Å²) in [7, 11) is 0. The van der Waals surface area contributed by atoms with Crippen LogP contribution in [0.5, 0.6) is 0 Å². The van der Waals surface area contributed by atoms with E-state index in [1.807, 2.05) is 0 Å². The van der Waals surface area contributed by atoms with Crippen LogP contribution in [0, 0.1) is 5.41 Å². The van der Waals surface area contributed by atoms with Gasteiger partial charge < -0.3 is 5.32 Å². The van der Waals surface area contributed by atoms with E-state index in [1.165, 1.54) is 10.6 Å². The third kappa shape index (κ3) is 3.78. The van der Waals surface area contributed by atoms with Crippen molar-refractivity contribution in [1.29, 1.82) is 0 Å². The van der Waals surface area contributed by atoms with Gasteiger partial charge in [-0.1, -0.05) is 26.8 Å². The van der Waals surface area contributed by atoms with Gasteiger partial charge in [0.15, 0.2) is 0 Å². The molecule has 0 amide bonds. The van der Waals surface area contributed by atoms with Gasteiger partial charge in [-0.05, 0) is 36.8 Å². The predicted molar refractivity (Wildman–Crippen MR) is 70.8 cm³/mol. The first-order valence-electron chi connectivity index (χ1n) is 5.34. The molecule has 0 bridgehead atoms. The highest BCUT2D eigenvalue weighted by molar-refractivity contribution is 7.98. The fraction of sp³-hybridized carbons (Fsp3) is 0.538. The fourth-order valence-corrected chi connectivity index (χ4v) is 1.64. The fourth-order valence-electron chi connectivity index (χ4n) is 1.18. The van der Waals surface area contributed by atoms with E-state index in [2.05, 4.69) is 63.5 Å². The van der Waals surface area contributed by atoms with Crippen LogP contribution in [-0.4, -0.2) is 12.3 Å². The molecule has 1 N–H and O–H groups in total. The normalized spacial score (nSPS) is 13.7. The van der Waals surface area contributed by atoms with Gasteiger partial charge in [0.05, 0.1) is 0 Å². The lowest BCUT2D eigenvalue weighted by Crippen LogP contribution is -2.30. The van der Waals surface area contributed by atoms with Gasteiger partial charge in [-0.3, -0.25) is 0 Å². The SMILES string of the molecule is CSc1cccc(NC(C)C(C)(C)C)c1. The monoisotopic (exact) mass is 223 g/mol. The molecule has 0 spiro atoms. The molecule has 0 aliphatic heterocycles. The Balaban J connectivity index is 2.72. The van der Waals surface area contributed by atoms with E-state index < -0.39 is 0 Å². The van der Waals surface area contributed by atoms with Crippen LogP contribution in [0.25, 0.3) is 0 Å². The highest BCUT2D eigenvalue weighted by atomic mass is 32.2. The number of anilines is 1. The molecule has 1 rings (SSSR count). The van der Waals surface area contributed by atoms with Crippen molar-refractivity contribution >= 4 is 17.4 Å². The molecule has 0 saturated heterocycles. The van der Waals surface area contributed by atoms with Crippen molar-refractivity contribution in [2.75, 3.05) is 11.6 Å². The molecule has 84 valence electrons. The molecule has 1 unspecified atom stereocenters. The van der Waals surface area contributed by atoms with E-state index >= 15 is 0 Å². The van der Waals surface area contributed by atoms with Crippen molar-refractivity contribution in [3.63, 3.8) is 0 Å². The number of rotatable bonds is 3. The Morgan fingerprint density at radius 3 is 2.47 bits per heavy atom. The van der Waals surface area contributed by atoms with Gasteiger partial charge >= 0.3 is 0 Å². The Labute approximate surface area is 97.7 Å². The van der Waals surface area contributed by atoms with Crippen LogP contribution in [-0.2, 0) is 0 Å². The van der Waals surface area contributed by atoms with Crippen LogP contribution in [0.4, 0.5) is 5.69 Å². The maximum atomic E-state index is 3.54. The summed E-state index contributed by atoms with van der Waals surface area (Å²) >= 11 is 1.78. The van der Waals surface area contributed by atoms with Crippen LogP contribution in [0.1, 0.15) is 27.7 Å². The van der Waals surface area contributed by atoms with E-state index in [0.717, 1.165) is 0 Å². The van der Waals surface area contributed by atoms with E-state index in [1.54, 1.807) is 11.8 Å². The largest absolute Gasteiger partial charge is 0.382 e. The molecule has 0 aliphatic rings. The van der Waals surface area contributed by atoms with Gasteiger partial charge in [-0.2, -0.15) is 0 Å². The molecule has 2 heteroatoms. The van der Waals surface area contributed by atoms with E-state index in [0.29, 0.717) is 6.04 Å². The maximum absolute atomic E-state index is 3.54. The molecule has 1 atom stereocenters. The minimum Gasteiger partial charge on any atom is -0.382 e. The van der Waals surface area contributed by atoms with Crippen molar-refractivity contribution in [1.82, 2.24) is 0 Å². The van der Waals surface area contributed by atoms with Crippen LogP contribution in [0.15, 0.2) is 29.2 Å². The van der Waals surface area contributed by atoms with Gasteiger partial charge in [-0.25, -0.2) is 0 Å². The van der Waals surface area contributed by atoms with E-state index in [4.69, 9.17) is 0 Å². The minimum atomic E-state index is 0.287. The molecule has 1 aromatic carbocycles. The van der Waals surface area contributed by atoms with Crippen LogP contribution < -0.4 is 5.32 Å². The van der Waals surface area contributed by atoms with Gasteiger partial charge in [-0.15, -0.1) is 11.8 Å². The second-order valence-electron chi connectivity index (χ2n) is 4.96. The predicted octanol–water partition coefficient (Wildman–Crippen LogP) is 4.26. The van der Waals surface area contributed by atoms with Crippen molar-refractivity contribution < 1.29 is 0 Å². The summed E-state index contributed by atoms with van der Waals surface area (Å²) in [5.41, 5.74) is 1.50. The van der Waals surface area contributed by atoms with Crippen LogP contribution in [0.3, 0.4) is 0 Å². The molecule has 0 aliphatic carbocycles. The smallest absolute Gasteiger partial charge is 0.0353 e. The highest BCUT2D eigenvalue weighted by Crippen LogP contribution is 2.25. The third-order valence-electron chi connectivity index (χ3n) is 2.75. The van der Waals surface area contributed by atoms with Crippen molar-refractivity contribution in [3.05, 3.63) is 24.3 Å². The zero-order chi connectivity index (χ0) is 11.5. The van der Waals surface area contributed by atoms with Gasteiger partial charge in [0.25, 0.3) is 0 Å². The van der Waals surface area contributed by atoms with Crippen molar-refractivity contribution in [3.8, 4) is 0 Å². The van der Waals surface area contributed by atoms with E-state index in [9.17, 15) is 0 Å². The summed E-state index contributed by atoms with van der Waals surface area (Å²) in [6, 6.07) is 9.03. The van der Waals surface area contributed by atoms with Gasteiger partial charge in [0.2, 0.25) is 0 Å². The molecule has 0 fully saturated rings. The van der Waals surface area contributed by atoms with Crippen molar-refractivity contribution in [2.45, 2.75) is 38.6 Å². The molecular weight excluding hydrogens is 202 g/mol. The molecule has 0 heterocycles. The lowest BCUT2D eigenvalue weighted by Gasteiger charge is -2.29. The van der Waals surface area contributed by atoms with Crippen molar-refractivity contribution in [2.24, 2.45) is 5.41 Å². The topological polar surface area (TPSA) is 12.0 Å². The van der Waals surface area contributed by atoms with E-state index in [-0.39, 0.29) is 5.41 Å². The lowest BCUT2D eigenvalue weighted by molar-refractivity contribution is 0.359. The second-order valence-corrected chi connectivity index (χ2v) is 5.84. The molecule has 1 nitrogen and oxygen atoms in total. The molecule has 0 aromatic heterocycles. The molecule has 0 radical (unpaired) electrons. The van der Waals surface area contributed by atoms with Gasteiger partial charge in [0, 0.05) is 16.6 Å². The lowest BCUT2D eigenvalue weighted by atomic mass is 9.88. The maximum Gasteiger partial charge on any atom is 0.0353 e. The average molecular weight is 223 g/mol. The second kappa shape index (κ2) is 4.93. The zero-order valence-corrected chi connectivity index (χ0v) is 11.1. The number of benzene rings is 1. The quantitative estimate of drug-likeness (QED) is 0.769. The number of hydrogen-bond donors (Lipinski definition) is 1. The third-order valence-corrected chi connectivity index (χ3v) is 3.48. The molecule has 15 heavy (non-hydrogen) atoms. The Bertz CT molecular complexity index is 315. The molecular formula is C13H21NS. The first-order valence-corrected chi connectivity index (χ1v) is 6.56. The van der Waals surface area contributed by atoms with Gasteiger partial charge in [0.1, 0.15) is 0 Å². The Hall–Kier alpha value is -0.630. The average Bonchev–Trinajstić information content (AvgIpc) is 2.16. The summed E-state index contributed by atoms with van der Waals surface area (Å²) in [6.07, 6.45) is 2.10. The first-order chi connectivity index (χ1) is 6.93. The minimum absolute atomic E-state index is 0.287.